The van der Waals surface area contributed by atoms with Gasteiger partial charge in [-0.15, -0.1) is 0 Å². The van der Waals surface area contributed by atoms with Crippen molar-refractivity contribution in [1.29, 1.82) is 0 Å². The standard InChI is InChI=1S/C35H49NO2/c1-12-25-21-35(38-32(34(8,9)10)20-31(37)33(5,6)7)29(24(25)4)19-27-17-22(2)13-15-28(27)26-14-16-30(36(35)11)23(3)18-26/h13-18,20,29,31,37H,12,19,21H2,1-11H3/b32-20-/t29-,31?,35?/m0/s1. The molecule has 2 aromatic rings. The summed E-state index contributed by atoms with van der Waals surface area (Å²) >= 11 is 0. The number of rotatable bonds is 4. The van der Waals surface area contributed by atoms with Crippen LogP contribution in [0.25, 0.3) is 11.1 Å². The van der Waals surface area contributed by atoms with E-state index >= 15 is 0 Å². The molecule has 0 spiro atoms. The van der Waals surface area contributed by atoms with Crippen molar-refractivity contribution < 1.29 is 9.84 Å². The van der Waals surface area contributed by atoms with Crippen LogP contribution < -0.4 is 4.90 Å². The monoisotopic (exact) mass is 515 g/mol. The highest BCUT2D eigenvalue weighted by Gasteiger charge is 2.53. The summed E-state index contributed by atoms with van der Waals surface area (Å²) < 4.78 is 7.42. The van der Waals surface area contributed by atoms with Gasteiger partial charge in [0, 0.05) is 30.5 Å². The van der Waals surface area contributed by atoms with Gasteiger partial charge in [-0.3, -0.25) is 0 Å². The van der Waals surface area contributed by atoms with E-state index in [9.17, 15) is 5.11 Å². The summed E-state index contributed by atoms with van der Waals surface area (Å²) in [6.45, 7) is 21.8. The minimum absolute atomic E-state index is 0.175. The van der Waals surface area contributed by atoms with E-state index in [0.29, 0.717) is 0 Å². The van der Waals surface area contributed by atoms with E-state index in [0.717, 1.165) is 25.0 Å². The Labute approximate surface area is 231 Å². The quantitative estimate of drug-likeness (QED) is 0.326. The van der Waals surface area contributed by atoms with E-state index in [1.165, 1.54) is 44.7 Å². The summed E-state index contributed by atoms with van der Waals surface area (Å²) in [6, 6.07) is 13.8. The third-order valence-corrected chi connectivity index (χ3v) is 8.86. The number of benzene rings is 2. The Morgan fingerprint density at radius 3 is 2.34 bits per heavy atom. The zero-order valence-corrected chi connectivity index (χ0v) is 25.6. The number of ether oxygens (including phenoxy) is 1. The molecular formula is C35H49NO2. The van der Waals surface area contributed by atoms with E-state index in [1.807, 2.05) is 6.08 Å². The second-order valence-electron chi connectivity index (χ2n) is 13.8. The van der Waals surface area contributed by atoms with Gasteiger partial charge >= 0.3 is 0 Å². The Kier molecular flexibility index (Phi) is 7.42. The Bertz CT molecular complexity index is 1270. The van der Waals surface area contributed by atoms with Crippen LogP contribution in [0.15, 0.2) is 59.4 Å². The number of anilines is 1. The van der Waals surface area contributed by atoms with Crippen LogP contribution >= 0.6 is 0 Å². The van der Waals surface area contributed by atoms with Crippen LogP contribution in [0.5, 0.6) is 0 Å². The van der Waals surface area contributed by atoms with Crippen molar-refractivity contribution in [1.82, 2.24) is 0 Å². The first kappa shape index (κ1) is 28.5. The lowest BCUT2D eigenvalue weighted by Crippen LogP contribution is -2.54. The first-order valence-electron chi connectivity index (χ1n) is 14.3. The van der Waals surface area contributed by atoms with E-state index < -0.39 is 11.8 Å². The van der Waals surface area contributed by atoms with Crippen molar-refractivity contribution >= 4 is 5.69 Å². The second-order valence-corrected chi connectivity index (χ2v) is 13.8. The van der Waals surface area contributed by atoms with Gasteiger partial charge in [0.2, 0.25) is 0 Å². The molecule has 1 N–H and O–H groups in total. The largest absolute Gasteiger partial charge is 0.471 e. The molecule has 2 heterocycles. The smallest absolute Gasteiger partial charge is 0.192 e. The molecule has 2 aromatic carbocycles. The number of aliphatic hydroxyl groups excluding tert-OH is 1. The molecule has 3 aliphatic rings. The maximum Gasteiger partial charge on any atom is 0.192 e. The van der Waals surface area contributed by atoms with Gasteiger partial charge in [-0.25, -0.2) is 0 Å². The molecular weight excluding hydrogens is 466 g/mol. The normalized spacial score (nSPS) is 22.9. The third kappa shape index (κ3) is 5.07. The highest BCUT2D eigenvalue weighted by molar-refractivity contribution is 5.73. The molecule has 38 heavy (non-hydrogen) atoms. The Hall–Kier alpha value is -2.52. The minimum Gasteiger partial charge on any atom is -0.471 e. The van der Waals surface area contributed by atoms with Crippen molar-refractivity contribution in [3.8, 4) is 11.1 Å². The summed E-state index contributed by atoms with van der Waals surface area (Å²) in [6.07, 6.45) is 4.14. The summed E-state index contributed by atoms with van der Waals surface area (Å²) in [7, 11) is 2.21. The van der Waals surface area contributed by atoms with Gasteiger partial charge in [0.05, 0.1) is 6.10 Å². The average Bonchev–Trinajstić information content (AvgIpc) is 3.08. The summed E-state index contributed by atoms with van der Waals surface area (Å²) in [5.74, 6) is 1.03. The van der Waals surface area contributed by atoms with Gasteiger partial charge < -0.3 is 14.7 Å². The van der Waals surface area contributed by atoms with E-state index in [1.54, 1.807) is 0 Å². The molecule has 0 saturated heterocycles. The SMILES string of the molecule is CCC1=C(C)[C@@H]2Cc3cc(C)ccc3-c3ccc(c(C)c3)N(C)C2(O/C(=C\C(O)C(C)(C)C)C(C)(C)C)C1. The third-order valence-electron chi connectivity index (χ3n) is 8.86. The number of nitrogens with zero attached hydrogens (tertiary/aromatic N) is 1. The molecule has 0 saturated carbocycles. The molecule has 3 atom stereocenters. The molecule has 2 aliphatic heterocycles. The molecule has 2 unspecified atom stereocenters. The van der Waals surface area contributed by atoms with Gasteiger partial charge in [0.1, 0.15) is 5.76 Å². The zero-order chi connectivity index (χ0) is 28.2. The second kappa shape index (κ2) is 9.90. The van der Waals surface area contributed by atoms with Crippen LogP contribution in [-0.2, 0) is 11.2 Å². The topological polar surface area (TPSA) is 32.7 Å². The molecule has 0 amide bonds. The Balaban J connectivity index is 1.99. The molecule has 206 valence electrons. The lowest BCUT2D eigenvalue weighted by atomic mass is 9.81. The van der Waals surface area contributed by atoms with Crippen LogP contribution in [0, 0.1) is 30.6 Å². The molecule has 0 aromatic heterocycles. The fourth-order valence-electron chi connectivity index (χ4n) is 6.21. The van der Waals surface area contributed by atoms with E-state index in [-0.39, 0.29) is 16.7 Å². The lowest BCUT2D eigenvalue weighted by Gasteiger charge is -2.48. The molecule has 1 aliphatic carbocycles. The van der Waals surface area contributed by atoms with Crippen molar-refractivity contribution in [2.45, 2.75) is 100 Å². The molecule has 3 heteroatoms. The first-order chi connectivity index (χ1) is 17.6. The predicted octanol–water partition coefficient (Wildman–Crippen LogP) is 8.76. The van der Waals surface area contributed by atoms with Crippen molar-refractivity contribution in [2.75, 3.05) is 11.9 Å². The molecule has 0 fully saturated rings. The fraction of sp³-hybridized carbons (Fsp3) is 0.543. The van der Waals surface area contributed by atoms with Gasteiger partial charge in [-0.05, 0) is 79.5 Å². The Morgan fingerprint density at radius 2 is 1.76 bits per heavy atom. The highest BCUT2D eigenvalue weighted by Crippen LogP contribution is 2.52. The minimum atomic E-state index is -0.609. The molecule has 3 nitrogen and oxygen atoms in total. The van der Waals surface area contributed by atoms with Gasteiger partial charge in [0.25, 0.3) is 0 Å². The highest BCUT2D eigenvalue weighted by atomic mass is 16.5. The van der Waals surface area contributed by atoms with E-state index in [4.69, 9.17) is 4.74 Å². The van der Waals surface area contributed by atoms with E-state index in [2.05, 4.69) is 118 Å². The number of allylic oxidation sites excluding steroid dienone is 1. The number of hydrogen-bond acceptors (Lipinski definition) is 3. The van der Waals surface area contributed by atoms with Crippen molar-refractivity contribution in [2.24, 2.45) is 16.7 Å². The van der Waals surface area contributed by atoms with Crippen molar-refractivity contribution in [3.05, 3.63) is 76.1 Å². The number of fused-ring (bicyclic) bond motifs is 2. The Morgan fingerprint density at radius 1 is 1.08 bits per heavy atom. The molecule has 5 rings (SSSR count). The summed E-state index contributed by atoms with van der Waals surface area (Å²) in [5, 5.41) is 11.2. The van der Waals surface area contributed by atoms with Crippen molar-refractivity contribution in [3.63, 3.8) is 0 Å². The lowest BCUT2D eigenvalue weighted by molar-refractivity contribution is -0.0491. The van der Waals surface area contributed by atoms with Gasteiger partial charge in [-0.1, -0.05) is 89.4 Å². The van der Waals surface area contributed by atoms with Gasteiger partial charge in [0.15, 0.2) is 5.72 Å². The molecule has 0 radical (unpaired) electrons. The maximum absolute atomic E-state index is 11.2. The predicted molar refractivity (Wildman–Crippen MR) is 161 cm³/mol. The zero-order valence-electron chi connectivity index (χ0n) is 25.6. The first-order valence-corrected chi connectivity index (χ1v) is 14.3. The number of hydrogen-bond donors (Lipinski definition) is 1. The van der Waals surface area contributed by atoms with Crippen LogP contribution in [0.1, 0.15) is 84.9 Å². The van der Waals surface area contributed by atoms with Crippen LogP contribution in [0.4, 0.5) is 5.69 Å². The number of aliphatic hydroxyl groups is 1. The van der Waals surface area contributed by atoms with Crippen LogP contribution in [0.2, 0.25) is 0 Å². The van der Waals surface area contributed by atoms with Crippen LogP contribution in [-0.4, -0.2) is 24.0 Å². The average molecular weight is 516 g/mol. The summed E-state index contributed by atoms with van der Waals surface area (Å²) in [4.78, 5) is 2.41. The summed E-state index contributed by atoms with van der Waals surface area (Å²) in [5.41, 5.74) is 9.49. The fourth-order valence-corrected chi connectivity index (χ4v) is 6.21. The van der Waals surface area contributed by atoms with Gasteiger partial charge in [-0.2, -0.15) is 0 Å². The molecule has 2 bridgehead atoms. The number of aryl methyl sites for hydroxylation is 2. The van der Waals surface area contributed by atoms with Crippen LogP contribution in [0.3, 0.4) is 0 Å². The maximum atomic E-state index is 11.2.